The van der Waals surface area contributed by atoms with E-state index < -0.39 is 23.6 Å². The molecule has 1 aromatic heterocycles. The number of aromatic nitrogens is 1. The molecule has 1 rings (SSSR count). The van der Waals surface area contributed by atoms with Crippen LogP contribution in [0.4, 0.5) is 8.78 Å². The van der Waals surface area contributed by atoms with Gasteiger partial charge in [-0.05, 0) is 12.1 Å². The fourth-order valence-corrected chi connectivity index (χ4v) is 1.07. The molecule has 15 heavy (non-hydrogen) atoms. The molecule has 0 aliphatic carbocycles. The van der Waals surface area contributed by atoms with Crippen molar-refractivity contribution in [3.8, 4) is 0 Å². The number of nitrogens with two attached hydrogens (primary N) is 1. The molecule has 0 saturated carbocycles. The molecule has 0 fully saturated rings. The third-order valence-corrected chi connectivity index (χ3v) is 1.90. The number of pyridine rings is 1. The van der Waals surface area contributed by atoms with Crippen molar-refractivity contribution < 1.29 is 18.7 Å². The molecule has 0 aliphatic rings. The molecule has 0 spiro atoms. The molecule has 1 atom stereocenters. The second kappa shape index (κ2) is 4.08. The number of carbonyl (C=O) groups excluding carboxylic acids is 1. The van der Waals surface area contributed by atoms with Crippen LogP contribution in [0, 0.1) is 0 Å². The molecule has 0 radical (unpaired) electrons. The Kier molecular flexibility index (Phi) is 3.21. The van der Waals surface area contributed by atoms with Crippen molar-refractivity contribution >= 4 is 17.5 Å². The average molecular weight is 237 g/mol. The highest BCUT2D eigenvalue weighted by Crippen LogP contribution is 2.30. The highest BCUT2D eigenvalue weighted by molar-refractivity contribution is 6.29. The predicted octanol–water partition coefficient (Wildman–Crippen LogP) is 0.889. The van der Waals surface area contributed by atoms with Crippen molar-refractivity contribution in [3.63, 3.8) is 0 Å². The van der Waals surface area contributed by atoms with Crippen molar-refractivity contribution in [3.05, 3.63) is 29.0 Å². The van der Waals surface area contributed by atoms with Crippen LogP contribution in [0.5, 0.6) is 0 Å². The Bertz CT molecular complexity index is 387. The molecule has 1 amide bonds. The van der Waals surface area contributed by atoms with Crippen molar-refractivity contribution in [1.82, 2.24) is 4.98 Å². The number of alkyl halides is 2. The first-order valence-electron chi connectivity index (χ1n) is 3.84. The minimum absolute atomic E-state index is 0.0631. The second-order valence-corrected chi connectivity index (χ2v) is 3.16. The number of halogens is 3. The summed E-state index contributed by atoms with van der Waals surface area (Å²) in [5.74, 6) is -5.99. The quantitative estimate of drug-likeness (QED) is 0.766. The Morgan fingerprint density at radius 1 is 1.60 bits per heavy atom. The average Bonchev–Trinajstić information content (AvgIpc) is 2.16. The zero-order valence-corrected chi connectivity index (χ0v) is 8.08. The maximum absolute atomic E-state index is 12.9. The molecule has 82 valence electrons. The minimum Gasteiger partial charge on any atom is -0.380 e. The molecule has 1 aromatic rings. The Balaban J connectivity index is 3.04. The molecule has 0 aromatic carbocycles. The number of carbonyl (C=O) groups is 1. The van der Waals surface area contributed by atoms with Gasteiger partial charge in [0.2, 0.25) is 0 Å². The normalized spacial score (nSPS) is 13.6. The lowest BCUT2D eigenvalue weighted by Gasteiger charge is -2.18. The van der Waals surface area contributed by atoms with Crippen LogP contribution in [0.2, 0.25) is 5.15 Å². The van der Waals surface area contributed by atoms with E-state index in [2.05, 4.69) is 10.7 Å². The maximum Gasteiger partial charge on any atom is 0.355 e. The van der Waals surface area contributed by atoms with E-state index in [1.54, 1.807) is 0 Å². The minimum atomic E-state index is -4.07. The molecule has 7 heteroatoms. The lowest BCUT2D eigenvalue weighted by atomic mass is 10.1. The van der Waals surface area contributed by atoms with Gasteiger partial charge in [-0.2, -0.15) is 8.78 Å². The first kappa shape index (κ1) is 11.8. The van der Waals surface area contributed by atoms with Crippen molar-refractivity contribution in [1.29, 1.82) is 0 Å². The lowest BCUT2D eigenvalue weighted by Crippen LogP contribution is -2.41. The van der Waals surface area contributed by atoms with Crippen LogP contribution in [0.15, 0.2) is 18.2 Å². The topological polar surface area (TPSA) is 76.2 Å². The van der Waals surface area contributed by atoms with E-state index in [1.807, 2.05) is 0 Å². The number of amides is 1. The zero-order valence-electron chi connectivity index (χ0n) is 7.32. The fourth-order valence-electron chi connectivity index (χ4n) is 0.897. The van der Waals surface area contributed by atoms with Gasteiger partial charge in [-0.3, -0.25) is 4.79 Å². The van der Waals surface area contributed by atoms with E-state index in [0.717, 1.165) is 6.07 Å². The van der Waals surface area contributed by atoms with E-state index in [9.17, 15) is 18.7 Å². The lowest BCUT2D eigenvalue weighted by molar-refractivity contribution is -0.161. The van der Waals surface area contributed by atoms with Gasteiger partial charge in [-0.1, -0.05) is 17.7 Å². The van der Waals surface area contributed by atoms with Gasteiger partial charge in [0.25, 0.3) is 5.91 Å². The van der Waals surface area contributed by atoms with Crippen LogP contribution < -0.4 is 5.73 Å². The van der Waals surface area contributed by atoms with Gasteiger partial charge < -0.3 is 10.8 Å². The number of hydrogen-bond acceptors (Lipinski definition) is 3. The van der Waals surface area contributed by atoms with Gasteiger partial charge in [-0.15, -0.1) is 0 Å². The fraction of sp³-hybridized carbons (Fsp3) is 0.250. The van der Waals surface area contributed by atoms with E-state index >= 15 is 0 Å². The molecular formula is C8H7ClF2N2O2. The van der Waals surface area contributed by atoms with Crippen LogP contribution in [0.25, 0.3) is 0 Å². The van der Waals surface area contributed by atoms with Gasteiger partial charge in [0, 0.05) is 0 Å². The number of aliphatic hydroxyl groups is 1. The molecule has 3 N–H and O–H groups in total. The summed E-state index contributed by atoms with van der Waals surface area (Å²) in [6, 6.07) is 3.79. The van der Waals surface area contributed by atoms with Crippen LogP contribution in [0.3, 0.4) is 0 Å². The van der Waals surface area contributed by atoms with E-state index in [-0.39, 0.29) is 5.15 Å². The number of nitrogens with zero attached hydrogens (tertiary/aromatic N) is 1. The van der Waals surface area contributed by atoms with E-state index in [0.29, 0.717) is 0 Å². The van der Waals surface area contributed by atoms with E-state index in [1.165, 1.54) is 12.1 Å². The van der Waals surface area contributed by atoms with Crippen LogP contribution >= 0.6 is 11.6 Å². The molecule has 1 unspecified atom stereocenters. The monoisotopic (exact) mass is 236 g/mol. The standard InChI is InChI=1S/C8H7ClF2N2O2/c9-5-3-1-2-4(13-5)6(14)8(10,11)7(12)15/h1-3,6,14H,(H2,12,15). The van der Waals surface area contributed by atoms with Crippen molar-refractivity contribution in [2.45, 2.75) is 12.0 Å². The van der Waals surface area contributed by atoms with Gasteiger partial charge in [0.1, 0.15) is 5.15 Å². The highest BCUT2D eigenvalue weighted by Gasteiger charge is 2.46. The van der Waals surface area contributed by atoms with Gasteiger partial charge in [-0.25, -0.2) is 4.98 Å². The number of aliphatic hydroxyl groups excluding tert-OH is 1. The first-order valence-corrected chi connectivity index (χ1v) is 4.21. The summed E-state index contributed by atoms with van der Waals surface area (Å²) in [4.78, 5) is 13.8. The molecule has 4 nitrogen and oxygen atoms in total. The first-order chi connectivity index (χ1) is 6.85. The molecule has 0 aliphatic heterocycles. The third kappa shape index (κ3) is 2.40. The maximum atomic E-state index is 12.9. The van der Waals surface area contributed by atoms with Crippen LogP contribution in [0.1, 0.15) is 11.8 Å². The number of primary amides is 1. The van der Waals surface area contributed by atoms with Crippen molar-refractivity contribution in [2.24, 2.45) is 5.73 Å². The Morgan fingerprint density at radius 2 is 2.20 bits per heavy atom. The van der Waals surface area contributed by atoms with Gasteiger partial charge in [0.15, 0.2) is 6.10 Å². The molecule has 1 heterocycles. The second-order valence-electron chi connectivity index (χ2n) is 2.77. The predicted molar refractivity (Wildman–Crippen MR) is 48.3 cm³/mol. The highest BCUT2D eigenvalue weighted by atomic mass is 35.5. The summed E-state index contributed by atoms with van der Waals surface area (Å²) in [6.07, 6.45) is -2.39. The molecule has 0 saturated heterocycles. The number of rotatable bonds is 3. The van der Waals surface area contributed by atoms with Gasteiger partial charge >= 0.3 is 5.92 Å². The molecule has 0 bridgehead atoms. The smallest absolute Gasteiger partial charge is 0.355 e. The third-order valence-electron chi connectivity index (χ3n) is 1.69. The Labute approximate surface area is 88.7 Å². The van der Waals surface area contributed by atoms with E-state index in [4.69, 9.17) is 11.6 Å². The van der Waals surface area contributed by atoms with Crippen LogP contribution in [-0.2, 0) is 4.79 Å². The summed E-state index contributed by atoms with van der Waals surface area (Å²) < 4.78 is 25.9. The Morgan fingerprint density at radius 3 is 2.67 bits per heavy atom. The van der Waals surface area contributed by atoms with Crippen molar-refractivity contribution in [2.75, 3.05) is 0 Å². The van der Waals surface area contributed by atoms with Crippen LogP contribution in [-0.4, -0.2) is 21.9 Å². The molecular weight excluding hydrogens is 230 g/mol. The summed E-state index contributed by atoms with van der Waals surface area (Å²) in [5, 5.41) is 9.11. The number of hydrogen-bond donors (Lipinski definition) is 2. The van der Waals surface area contributed by atoms with Gasteiger partial charge in [0.05, 0.1) is 5.69 Å². The summed E-state index contributed by atoms with van der Waals surface area (Å²) in [5.41, 5.74) is 4.03. The summed E-state index contributed by atoms with van der Waals surface area (Å²) >= 11 is 5.44. The largest absolute Gasteiger partial charge is 0.380 e. The summed E-state index contributed by atoms with van der Waals surface area (Å²) in [6.45, 7) is 0. The Hall–Kier alpha value is -1.27. The summed E-state index contributed by atoms with van der Waals surface area (Å²) in [7, 11) is 0. The zero-order chi connectivity index (χ0) is 11.6. The SMILES string of the molecule is NC(=O)C(F)(F)C(O)c1cccc(Cl)n1.